The number of aliphatic hydroxyl groups is 1. The van der Waals surface area contributed by atoms with Crippen molar-refractivity contribution >= 4 is 11.3 Å². The number of aliphatic hydroxyl groups excluding tert-OH is 1. The molecule has 0 spiro atoms. The van der Waals surface area contributed by atoms with E-state index in [-0.39, 0.29) is 12.6 Å². The molecular formula is C9H15NOS. The van der Waals surface area contributed by atoms with Crippen molar-refractivity contribution in [3.63, 3.8) is 0 Å². The first kappa shape index (κ1) is 9.71. The van der Waals surface area contributed by atoms with Gasteiger partial charge >= 0.3 is 0 Å². The van der Waals surface area contributed by atoms with Gasteiger partial charge in [0, 0.05) is 17.5 Å². The van der Waals surface area contributed by atoms with E-state index in [0.717, 1.165) is 13.0 Å². The molecule has 1 atom stereocenters. The Hall–Kier alpha value is -0.380. The van der Waals surface area contributed by atoms with Gasteiger partial charge in [0.25, 0.3) is 0 Å². The molecule has 1 heterocycles. The first-order valence-corrected chi connectivity index (χ1v) is 5.07. The molecule has 2 nitrogen and oxygen atoms in total. The minimum absolute atomic E-state index is 0.213. The van der Waals surface area contributed by atoms with Crippen molar-refractivity contribution in [2.24, 2.45) is 0 Å². The Morgan fingerprint density at radius 1 is 1.67 bits per heavy atom. The van der Waals surface area contributed by atoms with E-state index < -0.39 is 0 Å². The van der Waals surface area contributed by atoms with Gasteiger partial charge in [-0.2, -0.15) is 0 Å². The zero-order chi connectivity index (χ0) is 8.81. The molecule has 0 aliphatic heterocycles. The summed E-state index contributed by atoms with van der Waals surface area (Å²) < 4.78 is 0. The van der Waals surface area contributed by atoms with Crippen molar-refractivity contribution in [1.29, 1.82) is 0 Å². The Morgan fingerprint density at radius 3 is 3.08 bits per heavy atom. The van der Waals surface area contributed by atoms with Crippen LogP contribution in [0.2, 0.25) is 0 Å². The summed E-state index contributed by atoms with van der Waals surface area (Å²) in [6.45, 7) is 3.14. The van der Waals surface area contributed by atoms with Crippen LogP contribution in [0.15, 0.2) is 17.5 Å². The number of thiophene rings is 1. The number of rotatable bonds is 5. The fourth-order valence-corrected chi connectivity index (χ4v) is 1.67. The summed E-state index contributed by atoms with van der Waals surface area (Å²) in [6, 6.07) is 4.41. The monoisotopic (exact) mass is 185 g/mol. The molecule has 0 aliphatic carbocycles. The molecular weight excluding hydrogens is 170 g/mol. The Bertz CT molecular complexity index is 198. The molecule has 1 aromatic rings. The highest BCUT2D eigenvalue weighted by Crippen LogP contribution is 2.07. The zero-order valence-electron chi connectivity index (χ0n) is 7.29. The van der Waals surface area contributed by atoms with Gasteiger partial charge < -0.3 is 10.4 Å². The summed E-state index contributed by atoms with van der Waals surface area (Å²) in [5, 5.41) is 14.0. The average Bonchev–Trinajstić information content (AvgIpc) is 2.57. The lowest BCUT2D eigenvalue weighted by Crippen LogP contribution is -2.30. The number of hydrogen-bond acceptors (Lipinski definition) is 3. The van der Waals surface area contributed by atoms with Crippen LogP contribution < -0.4 is 5.32 Å². The van der Waals surface area contributed by atoms with Crippen LogP contribution in [-0.2, 0) is 6.42 Å². The van der Waals surface area contributed by atoms with Gasteiger partial charge in [-0.1, -0.05) is 6.07 Å². The molecule has 3 heteroatoms. The minimum atomic E-state index is 0.213. The second-order valence-electron chi connectivity index (χ2n) is 2.87. The first-order chi connectivity index (χ1) is 5.83. The summed E-state index contributed by atoms with van der Waals surface area (Å²) in [5.41, 5.74) is 0. The van der Waals surface area contributed by atoms with E-state index in [4.69, 9.17) is 5.11 Å². The lowest BCUT2D eigenvalue weighted by molar-refractivity contribution is 0.252. The summed E-state index contributed by atoms with van der Waals surface area (Å²) in [7, 11) is 0. The smallest absolute Gasteiger partial charge is 0.0581 e. The van der Waals surface area contributed by atoms with Crippen LogP contribution in [0.3, 0.4) is 0 Å². The van der Waals surface area contributed by atoms with Crippen LogP contribution in [0.5, 0.6) is 0 Å². The maximum Gasteiger partial charge on any atom is 0.0581 e. The van der Waals surface area contributed by atoms with Crippen LogP contribution in [0.25, 0.3) is 0 Å². The van der Waals surface area contributed by atoms with E-state index in [1.807, 2.05) is 6.92 Å². The van der Waals surface area contributed by atoms with Gasteiger partial charge in [-0.05, 0) is 24.8 Å². The van der Waals surface area contributed by atoms with Gasteiger partial charge in [0.1, 0.15) is 0 Å². The van der Waals surface area contributed by atoms with E-state index in [0.29, 0.717) is 0 Å². The van der Waals surface area contributed by atoms with Crippen LogP contribution in [0, 0.1) is 0 Å². The molecule has 0 radical (unpaired) electrons. The zero-order valence-corrected chi connectivity index (χ0v) is 8.10. The molecule has 0 fully saturated rings. The summed E-state index contributed by atoms with van der Waals surface area (Å²) in [5.74, 6) is 0. The lowest BCUT2D eigenvalue weighted by atomic mass is 10.3. The minimum Gasteiger partial charge on any atom is -0.395 e. The Balaban J connectivity index is 2.11. The fourth-order valence-electron chi connectivity index (χ4n) is 0.961. The van der Waals surface area contributed by atoms with Gasteiger partial charge in [-0.15, -0.1) is 11.3 Å². The molecule has 12 heavy (non-hydrogen) atoms. The van der Waals surface area contributed by atoms with Crippen molar-refractivity contribution in [2.45, 2.75) is 19.4 Å². The van der Waals surface area contributed by atoms with Crippen LogP contribution >= 0.6 is 11.3 Å². The van der Waals surface area contributed by atoms with Crippen molar-refractivity contribution < 1.29 is 5.11 Å². The van der Waals surface area contributed by atoms with Crippen molar-refractivity contribution in [1.82, 2.24) is 5.32 Å². The van der Waals surface area contributed by atoms with Crippen molar-refractivity contribution in [3.8, 4) is 0 Å². The number of hydrogen-bond donors (Lipinski definition) is 2. The predicted octanol–water partition coefficient (Wildman–Crippen LogP) is 1.26. The standard InChI is InChI=1S/C9H15NOS/c1-8(7-11)10-5-4-9-3-2-6-12-9/h2-3,6,8,10-11H,4-5,7H2,1H3. The molecule has 0 bridgehead atoms. The highest BCUT2D eigenvalue weighted by atomic mass is 32.1. The highest BCUT2D eigenvalue weighted by molar-refractivity contribution is 7.09. The van der Waals surface area contributed by atoms with Crippen LogP contribution in [0.4, 0.5) is 0 Å². The van der Waals surface area contributed by atoms with Crippen molar-refractivity contribution in [3.05, 3.63) is 22.4 Å². The molecule has 68 valence electrons. The fraction of sp³-hybridized carbons (Fsp3) is 0.556. The molecule has 0 aromatic carbocycles. The molecule has 0 amide bonds. The van der Waals surface area contributed by atoms with Crippen molar-refractivity contribution in [2.75, 3.05) is 13.2 Å². The third kappa shape index (κ3) is 3.34. The van der Waals surface area contributed by atoms with E-state index >= 15 is 0 Å². The SMILES string of the molecule is CC(CO)NCCc1cccs1. The second-order valence-corrected chi connectivity index (χ2v) is 3.90. The van der Waals surface area contributed by atoms with Crippen LogP contribution in [-0.4, -0.2) is 24.3 Å². The van der Waals surface area contributed by atoms with E-state index in [1.54, 1.807) is 11.3 Å². The maximum absolute atomic E-state index is 8.73. The summed E-state index contributed by atoms with van der Waals surface area (Å²) in [6.07, 6.45) is 1.06. The van der Waals surface area contributed by atoms with Gasteiger partial charge in [0.05, 0.1) is 6.61 Å². The molecule has 1 aromatic heterocycles. The Morgan fingerprint density at radius 2 is 2.50 bits per heavy atom. The van der Waals surface area contributed by atoms with Crippen LogP contribution in [0.1, 0.15) is 11.8 Å². The summed E-state index contributed by atoms with van der Waals surface area (Å²) in [4.78, 5) is 1.40. The van der Waals surface area contributed by atoms with Gasteiger partial charge in [0.15, 0.2) is 0 Å². The van der Waals surface area contributed by atoms with E-state index in [2.05, 4.69) is 22.8 Å². The van der Waals surface area contributed by atoms with Gasteiger partial charge in [0.2, 0.25) is 0 Å². The van der Waals surface area contributed by atoms with E-state index in [9.17, 15) is 0 Å². The Kier molecular flexibility index (Phi) is 4.29. The quantitative estimate of drug-likeness (QED) is 0.724. The third-order valence-corrected chi connectivity index (χ3v) is 2.65. The molecule has 0 saturated heterocycles. The highest BCUT2D eigenvalue weighted by Gasteiger charge is 1.98. The Labute approximate surface area is 77.2 Å². The number of nitrogens with one attached hydrogen (secondary N) is 1. The van der Waals surface area contributed by atoms with E-state index in [1.165, 1.54) is 4.88 Å². The molecule has 1 unspecified atom stereocenters. The van der Waals surface area contributed by atoms with Gasteiger partial charge in [-0.3, -0.25) is 0 Å². The average molecular weight is 185 g/mol. The first-order valence-electron chi connectivity index (χ1n) is 4.19. The topological polar surface area (TPSA) is 32.3 Å². The largest absolute Gasteiger partial charge is 0.395 e. The molecule has 0 saturated carbocycles. The lowest BCUT2D eigenvalue weighted by Gasteiger charge is -2.08. The molecule has 1 rings (SSSR count). The normalized spacial score (nSPS) is 13.2. The third-order valence-electron chi connectivity index (χ3n) is 1.72. The second kappa shape index (κ2) is 5.30. The predicted molar refractivity (Wildman–Crippen MR) is 52.6 cm³/mol. The molecule has 0 aliphatic rings. The van der Waals surface area contributed by atoms with Gasteiger partial charge in [-0.25, -0.2) is 0 Å². The maximum atomic E-state index is 8.73. The summed E-state index contributed by atoms with van der Waals surface area (Å²) >= 11 is 1.78. The molecule has 2 N–H and O–H groups in total.